The molecule has 4 heteroatoms. The van der Waals surface area contributed by atoms with E-state index < -0.39 is 0 Å². The molecule has 92 valence electrons. The van der Waals surface area contributed by atoms with E-state index in [1.54, 1.807) is 0 Å². The van der Waals surface area contributed by atoms with Gasteiger partial charge in [0.05, 0.1) is 5.56 Å². The number of benzene rings is 1. The van der Waals surface area contributed by atoms with Gasteiger partial charge in [-0.2, -0.15) is 0 Å². The van der Waals surface area contributed by atoms with Crippen molar-refractivity contribution in [3.05, 3.63) is 32.7 Å². The maximum Gasteiger partial charge on any atom is 0.252 e. The first-order valence-electron chi connectivity index (χ1n) is 5.79. The van der Waals surface area contributed by atoms with Gasteiger partial charge in [0.15, 0.2) is 0 Å². The van der Waals surface area contributed by atoms with Crippen molar-refractivity contribution in [3.63, 3.8) is 0 Å². The van der Waals surface area contributed by atoms with Gasteiger partial charge in [0.1, 0.15) is 0 Å². The Labute approximate surface area is 118 Å². The molecule has 2 rings (SSSR count). The first-order chi connectivity index (χ1) is 8.06. The fourth-order valence-electron chi connectivity index (χ4n) is 1.87. The molecule has 0 radical (unpaired) electrons. The maximum absolute atomic E-state index is 12.0. The normalized spacial score (nSPS) is 16.6. The van der Waals surface area contributed by atoms with Gasteiger partial charge in [0, 0.05) is 15.5 Å². The third-order valence-corrected chi connectivity index (χ3v) is 4.69. The van der Waals surface area contributed by atoms with Crippen LogP contribution >= 0.6 is 31.9 Å². The summed E-state index contributed by atoms with van der Waals surface area (Å²) < 4.78 is 1.75. The van der Waals surface area contributed by atoms with Gasteiger partial charge >= 0.3 is 0 Å². The van der Waals surface area contributed by atoms with E-state index in [4.69, 9.17) is 0 Å². The second-order valence-corrected chi connectivity index (χ2v) is 6.43. The Morgan fingerprint density at radius 3 is 2.71 bits per heavy atom. The smallest absolute Gasteiger partial charge is 0.252 e. The van der Waals surface area contributed by atoms with Crippen LogP contribution < -0.4 is 5.32 Å². The minimum atomic E-state index is -0.00194. The zero-order valence-corrected chi connectivity index (χ0v) is 12.9. The molecule has 0 spiro atoms. The van der Waals surface area contributed by atoms with E-state index in [0.29, 0.717) is 11.0 Å². The molecule has 1 aliphatic carbocycles. The van der Waals surface area contributed by atoms with Crippen LogP contribution in [-0.4, -0.2) is 12.5 Å². The van der Waals surface area contributed by atoms with Crippen molar-refractivity contribution in [2.24, 2.45) is 5.41 Å². The van der Waals surface area contributed by atoms with Crippen LogP contribution in [0.15, 0.2) is 27.1 Å². The first-order valence-corrected chi connectivity index (χ1v) is 7.38. The van der Waals surface area contributed by atoms with Crippen molar-refractivity contribution in [2.45, 2.75) is 26.2 Å². The van der Waals surface area contributed by atoms with Crippen molar-refractivity contribution in [2.75, 3.05) is 6.54 Å². The van der Waals surface area contributed by atoms with Crippen LogP contribution in [0.1, 0.15) is 36.5 Å². The lowest BCUT2D eigenvalue weighted by Crippen LogP contribution is -2.30. The largest absolute Gasteiger partial charge is 0.351 e. The number of amides is 1. The summed E-state index contributed by atoms with van der Waals surface area (Å²) in [4.78, 5) is 12.0. The van der Waals surface area contributed by atoms with Gasteiger partial charge in [-0.05, 0) is 58.8 Å². The number of carbonyl (C=O) groups excluding carboxylic acids is 1. The number of hydrogen-bond acceptors (Lipinski definition) is 1. The molecule has 1 aromatic carbocycles. The van der Waals surface area contributed by atoms with E-state index in [0.717, 1.165) is 21.9 Å². The highest BCUT2D eigenvalue weighted by Crippen LogP contribution is 2.47. The topological polar surface area (TPSA) is 29.1 Å². The molecule has 0 unspecified atom stereocenters. The summed E-state index contributed by atoms with van der Waals surface area (Å²) in [5, 5.41) is 3.03. The highest BCUT2D eigenvalue weighted by Gasteiger charge is 2.40. The maximum atomic E-state index is 12.0. The molecule has 1 saturated carbocycles. The summed E-state index contributed by atoms with van der Waals surface area (Å²) in [7, 11) is 0. The van der Waals surface area contributed by atoms with Crippen molar-refractivity contribution in [3.8, 4) is 0 Å². The van der Waals surface area contributed by atoms with Crippen LogP contribution in [-0.2, 0) is 0 Å². The van der Waals surface area contributed by atoms with Gasteiger partial charge in [-0.15, -0.1) is 0 Å². The standard InChI is InChI=1S/C13H15Br2NO/c1-2-13(5-6-13)8-16-12(17)10-7-9(14)3-4-11(10)15/h3-4,7H,2,5-6,8H2,1H3,(H,16,17). The third kappa shape index (κ3) is 3.10. The summed E-state index contributed by atoms with van der Waals surface area (Å²) in [6.07, 6.45) is 3.62. The molecule has 0 saturated heterocycles. The summed E-state index contributed by atoms with van der Waals surface area (Å²) in [5.74, 6) is -0.00194. The van der Waals surface area contributed by atoms with Crippen LogP contribution in [0.25, 0.3) is 0 Å². The van der Waals surface area contributed by atoms with E-state index in [1.807, 2.05) is 18.2 Å². The average molecular weight is 361 g/mol. The zero-order chi connectivity index (χ0) is 12.5. The lowest BCUT2D eigenvalue weighted by Gasteiger charge is -2.14. The van der Waals surface area contributed by atoms with Gasteiger partial charge in [0.2, 0.25) is 0 Å². The SMILES string of the molecule is CCC1(CNC(=O)c2cc(Br)ccc2Br)CC1. The quantitative estimate of drug-likeness (QED) is 0.859. The molecule has 1 N–H and O–H groups in total. The number of nitrogens with one attached hydrogen (secondary N) is 1. The van der Waals surface area contributed by atoms with E-state index >= 15 is 0 Å². The van der Waals surface area contributed by atoms with Crippen molar-refractivity contribution < 1.29 is 4.79 Å². The van der Waals surface area contributed by atoms with Crippen LogP contribution in [0.5, 0.6) is 0 Å². The molecule has 0 aromatic heterocycles. The molecule has 1 aliphatic rings. The summed E-state index contributed by atoms with van der Waals surface area (Å²) in [6, 6.07) is 5.63. The Morgan fingerprint density at radius 2 is 2.12 bits per heavy atom. The van der Waals surface area contributed by atoms with E-state index in [2.05, 4.69) is 44.1 Å². The van der Waals surface area contributed by atoms with E-state index in [-0.39, 0.29) is 5.91 Å². The van der Waals surface area contributed by atoms with Crippen molar-refractivity contribution in [1.29, 1.82) is 0 Å². The van der Waals surface area contributed by atoms with Crippen LogP contribution in [0.3, 0.4) is 0 Å². The van der Waals surface area contributed by atoms with E-state index in [1.165, 1.54) is 12.8 Å². The Balaban J connectivity index is 2.02. The lowest BCUT2D eigenvalue weighted by molar-refractivity contribution is 0.0943. The van der Waals surface area contributed by atoms with Gasteiger partial charge in [-0.25, -0.2) is 0 Å². The van der Waals surface area contributed by atoms with Gasteiger partial charge in [0.25, 0.3) is 5.91 Å². The van der Waals surface area contributed by atoms with Crippen LogP contribution in [0.2, 0.25) is 0 Å². The molecule has 0 heterocycles. The van der Waals surface area contributed by atoms with Crippen molar-refractivity contribution in [1.82, 2.24) is 5.32 Å². The molecular formula is C13H15Br2NO. The molecule has 1 aromatic rings. The zero-order valence-electron chi connectivity index (χ0n) is 9.72. The minimum absolute atomic E-state index is 0.00194. The second-order valence-electron chi connectivity index (χ2n) is 4.66. The summed E-state index contributed by atoms with van der Waals surface area (Å²) in [6.45, 7) is 2.98. The summed E-state index contributed by atoms with van der Waals surface area (Å²) >= 11 is 6.78. The predicted octanol–water partition coefficient (Wildman–Crippen LogP) is 4.13. The Hall–Kier alpha value is -0.350. The molecule has 0 aliphatic heterocycles. The van der Waals surface area contributed by atoms with Gasteiger partial charge < -0.3 is 5.32 Å². The highest BCUT2D eigenvalue weighted by molar-refractivity contribution is 9.11. The van der Waals surface area contributed by atoms with Crippen LogP contribution in [0, 0.1) is 5.41 Å². The molecule has 17 heavy (non-hydrogen) atoms. The molecular weight excluding hydrogens is 346 g/mol. The fraction of sp³-hybridized carbons (Fsp3) is 0.462. The lowest BCUT2D eigenvalue weighted by atomic mass is 10.0. The highest BCUT2D eigenvalue weighted by atomic mass is 79.9. The Morgan fingerprint density at radius 1 is 1.41 bits per heavy atom. The third-order valence-electron chi connectivity index (χ3n) is 3.50. The molecule has 0 atom stereocenters. The summed E-state index contributed by atoms with van der Waals surface area (Å²) in [5.41, 5.74) is 1.07. The molecule has 1 amide bonds. The molecule has 2 nitrogen and oxygen atoms in total. The number of carbonyl (C=O) groups is 1. The first kappa shape index (κ1) is 13.1. The fourth-order valence-corrected chi connectivity index (χ4v) is 2.65. The Bertz CT molecular complexity index is 441. The van der Waals surface area contributed by atoms with Crippen LogP contribution in [0.4, 0.5) is 0 Å². The minimum Gasteiger partial charge on any atom is -0.351 e. The number of halogens is 2. The molecule has 0 bridgehead atoms. The van der Waals surface area contributed by atoms with Gasteiger partial charge in [-0.3, -0.25) is 4.79 Å². The monoisotopic (exact) mass is 359 g/mol. The average Bonchev–Trinajstić information content (AvgIpc) is 3.10. The predicted molar refractivity (Wildman–Crippen MR) is 76.1 cm³/mol. The van der Waals surface area contributed by atoms with Crippen molar-refractivity contribution >= 4 is 37.8 Å². The van der Waals surface area contributed by atoms with Gasteiger partial charge in [-0.1, -0.05) is 22.9 Å². The second kappa shape index (κ2) is 5.11. The Kier molecular flexibility index (Phi) is 3.93. The molecule has 1 fully saturated rings. The van der Waals surface area contributed by atoms with E-state index in [9.17, 15) is 4.79 Å². The number of hydrogen-bond donors (Lipinski definition) is 1. The number of rotatable bonds is 4.